The van der Waals surface area contributed by atoms with E-state index < -0.39 is 0 Å². The standard InChI is InChI=1S/C20H18N4O3S/c1-12-3-5-14(6-4-12)15-10-28-19-18(15)20(26)24(11-21-19)8-7-17(25)23-16-9-22-27-13(16)2/h3-6,9-11H,7-8H2,1-2H3,(H,23,25). The van der Waals surface area contributed by atoms with Crippen LogP contribution in [-0.2, 0) is 11.3 Å². The third-order valence-electron chi connectivity index (χ3n) is 4.53. The number of carbonyl (C=O) groups excluding carboxylic acids is 1. The third kappa shape index (κ3) is 3.46. The highest BCUT2D eigenvalue weighted by Crippen LogP contribution is 2.30. The lowest BCUT2D eigenvalue weighted by Gasteiger charge is -2.07. The van der Waals surface area contributed by atoms with Crippen LogP contribution in [0.15, 0.2) is 51.5 Å². The van der Waals surface area contributed by atoms with Gasteiger partial charge in [0.1, 0.15) is 10.5 Å². The van der Waals surface area contributed by atoms with Crippen LogP contribution in [-0.4, -0.2) is 20.6 Å². The number of thiophene rings is 1. The summed E-state index contributed by atoms with van der Waals surface area (Å²) in [5, 5.41) is 8.89. The molecule has 0 saturated heterocycles. The van der Waals surface area contributed by atoms with Crippen molar-refractivity contribution >= 4 is 33.1 Å². The first kappa shape index (κ1) is 18.1. The number of hydrogen-bond donors (Lipinski definition) is 1. The molecule has 142 valence electrons. The molecule has 3 heterocycles. The molecule has 1 N–H and O–H groups in total. The van der Waals surface area contributed by atoms with Gasteiger partial charge in [-0.3, -0.25) is 14.2 Å². The van der Waals surface area contributed by atoms with E-state index in [1.807, 2.05) is 36.6 Å². The maximum atomic E-state index is 13.0. The highest BCUT2D eigenvalue weighted by Gasteiger charge is 2.14. The van der Waals surface area contributed by atoms with Gasteiger partial charge < -0.3 is 9.84 Å². The van der Waals surface area contributed by atoms with Gasteiger partial charge in [0.2, 0.25) is 5.91 Å². The fraction of sp³-hybridized carbons (Fsp3) is 0.200. The molecule has 0 fully saturated rings. The van der Waals surface area contributed by atoms with Crippen LogP contribution in [0, 0.1) is 13.8 Å². The summed E-state index contributed by atoms with van der Waals surface area (Å²) < 4.78 is 6.40. The summed E-state index contributed by atoms with van der Waals surface area (Å²) in [6, 6.07) is 8.04. The van der Waals surface area contributed by atoms with Crippen molar-refractivity contribution in [3.05, 3.63) is 63.8 Å². The molecule has 0 bridgehead atoms. The molecular weight excluding hydrogens is 376 g/mol. The molecular formula is C20H18N4O3S. The number of amides is 1. The Morgan fingerprint density at radius 1 is 1.25 bits per heavy atom. The van der Waals surface area contributed by atoms with Gasteiger partial charge in [-0.1, -0.05) is 35.0 Å². The molecule has 0 spiro atoms. The lowest BCUT2D eigenvalue weighted by atomic mass is 10.1. The Balaban J connectivity index is 1.58. The van der Waals surface area contributed by atoms with E-state index in [0.717, 1.165) is 16.7 Å². The Morgan fingerprint density at radius 3 is 2.75 bits per heavy atom. The van der Waals surface area contributed by atoms with Gasteiger partial charge in [-0.2, -0.15) is 0 Å². The van der Waals surface area contributed by atoms with Crippen molar-refractivity contribution in [3.8, 4) is 11.1 Å². The summed E-state index contributed by atoms with van der Waals surface area (Å²) in [7, 11) is 0. The van der Waals surface area contributed by atoms with Crippen LogP contribution < -0.4 is 10.9 Å². The van der Waals surface area contributed by atoms with Gasteiger partial charge >= 0.3 is 0 Å². The number of hydrogen-bond acceptors (Lipinski definition) is 6. The van der Waals surface area contributed by atoms with E-state index in [2.05, 4.69) is 15.5 Å². The number of anilines is 1. The van der Waals surface area contributed by atoms with Crippen LogP contribution in [0.25, 0.3) is 21.3 Å². The Hall–Kier alpha value is -3.26. The minimum Gasteiger partial charge on any atom is -0.359 e. The van der Waals surface area contributed by atoms with E-state index in [1.165, 1.54) is 28.4 Å². The summed E-state index contributed by atoms with van der Waals surface area (Å²) in [6.45, 7) is 3.98. The molecule has 3 aromatic heterocycles. The van der Waals surface area contributed by atoms with Crippen LogP contribution in [0.2, 0.25) is 0 Å². The van der Waals surface area contributed by atoms with Gasteiger partial charge in [0.25, 0.3) is 5.56 Å². The van der Waals surface area contributed by atoms with Crippen molar-refractivity contribution in [2.75, 3.05) is 5.32 Å². The summed E-state index contributed by atoms with van der Waals surface area (Å²) in [4.78, 5) is 30.3. The van der Waals surface area contributed by atoms with Gasteiger partial charge in [0.05, 0.1) is 17.9 Å². The van der Waals surface area contributed by atoms with E-state index in [1.54, 1.807) is 6.92 Å². The molecule has 7 nitrogen and oxygen atoms in total. The van der Waals surface area contributed by atoms with Gasteiger partial charge in [-0.15, -0.1) is 11.3 Å². The predicted octanol–water partition coefficient (Wildman–Crippen LogP) is 3.76. The average Bonchev–Trinajstić information content (AvgIpc) is 3.29. The zero-order valence-electron chi connectivity index (χ0n) is 15.4. The minimum absolute atomic E-state index is 0.141. The molecule has 8 heteroatoms. The van der Waals surface area contributed by atoms with Crippen LogP contribution in [0.1, 0.15) is 17.7 Å². The molecule has 0 aliphatic carbocycles. The Kier molecular flexibility index (Phi) is 4.79. The Bertz CT molecular complexity index is 1200. The number of carbonyl (C=O) groups is 1. The molecule has 0 saturated carbocycles. The number of benzene rings is 1. The molecule has 1 aromatic carbocycles. The molecule has 4 aromatic rings. The molecule has 0 unspecified atom stereocenters. The average molecular weight is 394 g/mol. The highest BCUT2D eigenvalue weighted by atomic mass is 32.1. The van der Waals surface area contributed by atoms with Crippen LogP contribution in [0.4, 0.5) is 5.69 Å². The van der Waals surface area contributed by atoms with Crippen molar-refractivity contribution < 1.29 is 9.32 Å². The van der Waals surface area contributed by atoms with Gasteiger partial charge in [-0.05, 0) is 19.4 Å². The summed E-state index contributed by atoms with van der Waals surface area (Å²) in [5.74, 6) is 0.317. The van der Waals surface area contributed by atoms with E-state index in [0.29, 0.717) is 21.7 Å². The second-order valence-electron chi connectivity index (χ2n) is 6.53. The lowest BCUT2D eigenvalue weighted by Crippen LogP contribution is -2.23. The van der Waals surface area contributed by atoms with Crippen molar-refractivity contribution in [2.45, 2.75) is 26.8 Å². The zero-order chi connectivity index (χ0) is 19.7. The van der Waals surface area contributed by atoms with Gasteiger partial charge in [-0.25, -0.2) is 4.98 Å². The zero-order valence-corrected chi connectivity index (χ0v) is 16.2. The van der Waals surface area contributed by atoms with Crippen molar-refractivity contribution in [1.82, 2.24) is 14.7 Å². The highest BCUT2D eigenvalue weighted by molar-refractivity contribution is 7.17. The smallest absolute Gasteiger partial charge is 0.262 e. The first-order chi connectivity index (χ1) is 13.5. The van der Waals surface area contributed by atoms with Crippen LogP contribution >= 0.6 is 11.3 Å². The molecule has 28 heavy (non-hydrogen) atoms. The normalized spacial score (nSPS) is 11.1. The molecule has 0 radical (unpaired) electrons. The van der Waals surface area contributed by atoms with Crippen LogP contribution in [0.5, 0.6) is 0 Å². The first-order valence-electron chi connectivity index (χ1n) is 8.78. The number of aromatic nitrogens is 3. The minimum atomic E-state index is -0.220. The molecule has 4 rings (SSSR count). The molecule has 0 atom stereocenters. The number of fused-ring (bicyclic) bond motifs is 1. The maximum Gasteiger partial charge on any atom is 0.262 e. The van der Waals surface area contributed by atoms with Gasteiger partial charge in [0, 0.05) is 23.9 Å². The third-order valence-corrected chi connectivity index (χ3v) is 5.41. The van der Waals surface area contributed by atoms with Crippen molar-refractivity contribution in [1.29, 1.82) is 0 Å². The summed E-state index contributed by atoms with van der Waals surface area (Å²) in [5.41, 5.74) is 3.40. The molecule has 0 aliphatic heterocycles. The predicted molar refractivity (Wildman–Crippen MR) is 109 cm³/mol. The van der Waals surface area contributed by atoms with Crippen molar-refractivity contribution in [3.63, 3.8) is 0 Å². The lowest BCUT2D eigenvalue weighted by molar-refractivity contribution is -0.116. The maximum absolute atomic E-state index is 13.0. The fourth-order valence-corrected chi connectivity index (χ4v) is 3.83. The quantitative estimate of drug-likeness (QED) is 0.557. The van der Waals surface area contributed by atoms with Crippen molar-refractivity contribution in [2.24, 2.45) is 0 Å². The van der Waals surface area contributed by atoms with E-state index in [4.69, 9.17) is 4.52 Å². The second kappa shape index (κ2) is 7.40. The monoisotopic (exact) mass is 394 g/mol. The number of aryl methyl sites for hydroxylation is 3. The van der Waals surface area contributed by atoms with Crippen LogP contribution in [0.3, 0.4) is 0 Å². The number of nitrogens with zero attached hydrogens (tertiary/aromatic N) is 3. The topological polar surface area (TPSA) is 90.0 Å². The molecule has 0 aliphatic rings. The van der Waals surface area contributed by atoms with E-state index in [-0.39, 0.29) is 24.4 Å². The summed E-state index contributed by atoms with van der Waals surface area (Å²) in [6.07, 6.45) is 3.09. The number of rotatable bonds is 5. The van der Waals surface area contributed by atoms with Gasteiger partial charge in [0.15, 0.2) is 5.76 Å². The first-order valence-corrected chi connectivity index (χ1v) is 9.65. The largest absolute Gasteiger partial charge is 0.359 e. The van der Waals surface area contributed by atoms with E-state index >= 15 is 0 Å². The van der Waals surface area contributed by atoms with E-state index in [9.17, 15) is 9.59 Å². The molecule has 1 amide bonds. The second-order valence-corrected chi connectivity index (χ2v) is 7.39. The Morgan fingerprint density at radius 2 is 2.04 bits per heavy atom. The fourth-order valence-electron chi connectivity index (χ4n) is 2.93. The Labute approximate surface area is 164 Å². The number of nitrogens with one attached hydrogen (secondary N) is 1. The summed E-state index contributed by atoms with van der Waals surface area (Å²) >= 11 is 1.44. The SMILES string of the molecule is Cc1ccc(-c2csc3ncn(CCC(=O)Nc4cnoc4C)c(=O)c23)cc1.